The number of amides is 1. The Morgan fingerprint density at radius 1 is 1.27 bits per heavy atom. The van der Waals surface area contributed by atoms with Gasteiger partial charge < -0.3 is 15.7 Å². The van der Waals surface area contributed by atoms with Gasteiger partial charge in [0.2, 0.25) is 0 Å². The SMILES string of the molecule is N#Cc1cccc(NC(=O)c2nccnc2NC[C@@H]2CCCC[C@@H]2O)c1. The lowest BCUT2D eigenvalue weighted by atomic mass is 9.86. The smallest absolute Gasteiger partial charge is 0.278 e. The minimum absolute atomic E-state index is 0.147. The van der Waals surface area contributed by atoms with Crippen LogP contribution in [0.4, 0.5) is 11.5 Å². The number of rotatable bonds is 5. The van der Waals surface area contributed by atoms with E-state index in [4.69, 9.17) is 5.26 Å². The number of carbonyl (C=O) groups is 1. The molecule has 2 aromatic rings. The first-order valence-electron chi connectivity index (χ1n) is 8.72. The van der Waals surface area contributed by atoms with Gasteiger partial charge in [-0.1, -0.05) is 18.9 Å². The second kappa shape index (κ2) is 8.41. The van der Waals surface area contributed by atoms with Crippen molar-refractivity contribution in [3.05, 3.63) is 47.9 Å². The molecular weight excluding hydrogens is 330 g/mol. The van der Waals surface area contributed by atoms with E-state index < -0.39 is 5.91 Å². The summed E-state index contributed by atoms with van der Waals surface area (Å²) < 4.78 is 0. The average molecular weight is 351 g/mol. The standard InChI is InChI=1S/C19H21N5O2/c20-11-13-4-3-6-15(10-13)24-19(26)17-18(22-9-8-21-17)23-12-14-5-1-2-7-16(14)25/h3-4,6,8-10,14,16,25H,1-2,5,7,12H2,(H,22,23)(H,24,26)/t14-,16-/m0/s1. The van der Waals surface area contributed by atoms with Crippen molar-refractivity contribution < 1.29 is 9.90 Å². The predicted molar refractivity (Wildman–Crippen MR) is 97.6 cm³/mol. The van der Waals surface area contributed by atoms with E-state index in [1.807, 2.05) is 6.07 Å². The second-order valence-electron chi connectivity index (χ2n) is 6.39. The highest BCUT2D eigenvalue weighted by Gasteiger charge is 2.23. The summed E-state index contributed by atoms with van der Waals surface area (Å²) in [5.74, 6) is 0.132. The highest BCUT2D eigenvalue weighted by Crippen LogP contribution is 2.25. The van der Waals surface area contributed by atoms with Gasteiger partial charge in [-0.15, -0.1) is 0 Å². The summed E-state index contributed by atoms with van der Waals surface area (Å²) >= 11 is 0. The van der Waals surface area contributed by atoms with Gasteiger partial charge in [-0.3, -0.25) is 4.79 Å². The van der Waals surface area contributed by atoms with Crippen molar-refractivity contribution in [1.29, 1.82) is 5.26 Å². The average Bonchev–Trinajstić information content (AvgIpc) is 2.67. The fraction of sp³-hybridized carbons (Fsp3) is 0.368. The molecule has 0 spiro atoms. The zero-order valence-electron chi connectivity index (χ0n) is 14.4. The quantitative estimate of drug-likeness (QED) is 0.763. The van der Waals surface area contributed by atoms with Crippen molar-refractivity contribution >= 4 is 17.4 Å². The van der Waals surface area contributed by atoms with Crippen LogP contribution in [0.2, 0.25) is 0 Å². The van der Waals surface area contributed by atoms with Gasteiger partial charge in [-0.05, 0) is 31.0 Å². The van der Waals surface area contributed by atoms with Crippen molar-refractivity contribution in [1.82, 2.24) is 9.97 Å². The third-order valence-corrected chi connectivity index (χ3v) is 4.56. The van der Waals surface area contributed by atoms with Crippen LogP contribution in [0.25, 0.3) is 0 Å². The molecule has 7 heteroatoms. The van der Waals surface area contributed by atoms with E-state index in [2.05, 4.69) is 20.6 Å². The summed E-state index contributed by atoms with van der Waals surface area (Å²) in [6.07, 6.45) is 6.59. The summed E-state index contributed by atoms with van der Waals surface area (Å²) in [7, 11) is 0. The Hall–Kier alpha value is -2.98. The number of carbonyl (C=O) groups excluding carboxylic acids is 1. The van der Waals surface area contributed by atoms with Crippen molar-refractivity contribution in [3.63, 3.8) is 0 Å². The van der Waals surface area contributed by atoms with E-state index in [0.29, 0.717) is 23.6 Å². The minimum atomic E-state index is -0.403. The zero-order chi connectivity index (χ0) is 18.4. The Morgan fingerprint density at radius 3 is 2.88 bits per heavy atom. The molecule has 0 saturated heterocycles. The maximum atomic E-state index is 12.6. The topological polar surface area (TPSA) is 111 Å². The molecule has 3 rings (SSSR count). The van der Waals surface area contributed by atoms with Crippen molar-refractivity contribution in [2.45, 2.75) is 31.8 Å². The summed E-state index contributed by atoms with van der Waals surface area (Å²) in [4.78, 5) is 20.9. The van der Waals surface area contributed by atoms with Crippen molar-refractivity contribution in [3.8, 4) is 6.07 Å². The number of nitrogens with one attached hydrogen (secondary N) is 2. The van der Waals surface area contributed by atoms with Crippen LogP contribution in [0, 0.1) is 17.2 Å². The van der Waals surface area contributed by atoms with E-state index in [-0.39, 0.29) is 17.7 Å². The van der Waals surface area contributed by atoms with Gasteiger partial charge in [0.05, 0.1) is 17.7 Å². The number of aliphatic hydroxyl groups is 1. The van der Waals surface area contributed by atoms with Gasteiger partial charge in [-0.25, -0.2) is 9.97 Å². The molecule has 0 radical (unpaired) electrons. The van der Waals surface area contributed by atoms with Gasteiger partial charge in [0.15, 0.2) is 11.5 Å². The Labute approximate surface area is 152 Å². The largest absolute Gasteiger partial charge is 0.393 e. The third-order valence-electron chi connectivity index (χ3n) is 4.56. The number of hydrogen-bond donors (Lipinski definition) is 3. The van der Waals surface area contributed by atoms with E-state index >= 15 is 0 Å². The van der Waals surface area contributed by atoms with Gasteiger partial charge in [0.25, 0.3) is 5.91 Å². The third kappa shape index (κ3) is 4.35. The van der Waals surface area contributed by atoms with Gasteiger partial charge in [-0.2, -0.15) is 5.26 Å². The van der Waals surface area contributed by atoms with Crippen LogP contribution >= 0.6 is 0 Å². The van der Waals surface area contributed by atoms with E-state index in [1.165, 1.54) is 12.4 Å². The van der Waals surface area contributed by atoms with Crippen LogP contribution in [0.3, 0.4) is 0 Å². The Bertz CT molecular complexity index is 818. The van der Waals surface area contributed by atoms with Gasteiger partial charge >= 0.3 is 0 Å². The maximum Gasteiger partial charge on any atom is 0.278 e. The highest BCUT2D eigenvalue weighted by molar-refractivity contribution is 6.05. The molecule has 1 saturated carbocycles. The predicted octanol–water partition coefficient (Wildman–Crippen LogP) is 2.56. The number of nitriles is 1. The summed E-state index contributed by atoms with van der Waals surface area (Å²) in [5, 5.41) is 24.9. The maximum absolute atomic E-state index is 12.6. The minimum Gasteiger partial charge on any atom is -0.393 e. The van der Waals surface area contributed by atoms with Gasteiger partial charge in [0, 0.05) is 30.5 Å². The number of aliphatic hydroxyl groups excluding tert-OH is 1. The molecule has 0 unspecified atom stereocenters. The highest BCUT2D eigenvalue weighted by atomic mass is 16.3. The van der Waals surface area contributed by atoms with Crippen LogP contribution in [0.5, 0.6) is 0 Å². The Balaban J connectivity index is 1.69. The number of nitrogens with zero attached hydrogens (tertiary/aromatic N) is 3. The molecule has 1 aliphatic carbocycles. The Kier molecular flexibility index (Phi) is 5.77. The summed E-state index contributed by atoms with van der Waals surface area (Å²) in [6.45, 7) is 0.546. The van der Waals surface area contributed by atoms with Crippen molar-refractivity contribution in [2.75, 3.05) is 17.2 Å². The van der Waals surface area contributed by atoms with Crippen LogP contribution in [-0.4, -0.2) is 33.6 Å². The van der Waals surface area contributed by atoms with Crippen LogP contribution in [-0.2, 0) is 0 Å². The van der Waals surface area contributed by atoms with Crippen LogP contribution in [0.15, 0.2) is 36.7 Å². The second-order valence-corrected chi connectivity index (χ2v) is 6.39. The summed E-state index contributed by atoms with van der Waals surface area (Å²) in [5.41, 5.74) is 1.17. The van der Waals surface area contributed by atoms with Gasteiger partial charge in [0.1, 0.15) is 0 Å². The van der Waals surface area contributed by atoms with Crippen LogP contribution < -0.4 is 10.6 Å². The first-order chi connectivity index (χ1) is 12.7. The van der Waals surface area contributed by atoms with E-state index in [0.717, 1.165) is 25.7 Å². The molecule has 1 aromatic carbocycles. The number of benzene rings is 1. The first-order valence-corrected chi connectivity index (χ1v) is 8.72. The number of aromatic nitrogens is 2. The fourth-order valence-electron chi connectivity index (χ4n) is 3.14. The molecule has 1 amide bonds. The molecule has 3 N–H and O–H groups in total. The molecule has 1 aliphatic rings. The molecule has 7 nitrogen and oxygen atoms in total. The van der Waals surface area contributed by atoms with E-state index in [1.54, 1.807) is 24.3 Å². The number of anilines is 2. The first kappa shape index (κ1) is 17.8. The molecule has 0 bridgehead atoms. The summed E-state index contributed by atoms with van der Waals surface area (Å²) in [6, 6.07) is 8.71. The monoisotopic (exact) mass is 351 g/mol. The zero-order valence-corrected chi connectivity index (χ0v) is 14.4. The van der Waals surface area contributed by atoms with Crippen LogP contribution in [0.1, 0.15) is 41.7 Å². The van der Waals surface area contributed by atoms with E-state index in [9.17, 15) is 9.90 Å². The molecule has 0 aliphatic heterocycles. The molecule has 134 valence electrons. The molecule has 1 heterocycles. The molecule has 2 atom stereocenters. The molecular formula is C19H21N5O2. The number of hydrogen-bond acceptors (Lipinski definition) is 6. The fourth-order valence-corrected chi connectivity index (χ4v) is 3.14. The molecule has 1 fully saturated rings. The molecule has 26 heavy (non-hydrogen) atoms. The molecule has 1 aromatic heterocycles. The lowest BCUT2D eigenvalue weighted by Gasteiger charge is -2.27. The lowest BCUT2D eigenvalue weighted by Crippen LogP contribution is -2.31. The Morgan fingerprint density at radius 2 is 2.08 bits per heavy atom. The van der Waals surface area contributed by atoms with Crippen molar-refractivity contribution in [2.24, 2.45) is 5.92 Å². The lowest BCUT2D eigenvalue weighted by molar-refractivity contribution is 0.0763. The normalized spacial score (nSPS) is 19.4.